The number of aliphatic carboxylic acids is 1. The number of carboxylic acid groups (broad SMARTS) is 1. The molecule has 0 radical (unpaired) electrons. The van der Waals surface area contributed by atoms with Crippen LogP contribution in [0.5, 0.6) is 5.75 Å². The van der Waals surface area contributed by atoms with Crippen LogP contribution in [0.4, 0.5) is 24.8 Å². The Balaban J connectivity index is 1.78. The van der Waals surface area contributed by atoms with Crippen molar-refractivity contribution in [1.82, 2.24) is 14.5 Å². The van der Waals surface area contributed by atoms with Crippen molar-refractivity contribution >= 4 is 46.1 Å². The summed E-state index contributed by atoms with van der Waals surface area (Å²) in [5.74, 6) is -1.17. The summed E-state index contributed by atoms with van der Waals surface area (Å²) in [5, 5.41) is 12.7. The van der Waals surface area contributed by atoms with Gasteiger partial charge in [-0.05, 0) is 73.9 Å². The standard InChI is InChI=1S/C28H32ClF3N4O4/c1-15-10-18(14-27(3,4)13-15)36-23-12-21(29)20(24(37)35(5)16(2)25(38)39)11-22(23)34-26(36)33-17-6-8-19(9-7-17)40-28(30,31)32/h6-9,11-12,15-16,18H,10,13-14H2,1-5H3,(H,33,34)(H,38,39)/t15-,16+,18+/m1/s1. The van der Waals surface area contributed by atoms with E-state index in [1.165, 1.54) is 38.2 Å². The summed E-state index contributed by atoms with van der Waals surface area (Å²) in [6.45, 7) is 8.03. The highest BCUT2D eigenvalue weighted by atomic mass is 35.5. The highest BCUT2D eigenvalue weighted by Gasteiger charge is 2.35. The Morgan fingerprint density at radius 2 is 1.88 bits per heavy atom. The van der Waals surface area contributed by atoms with Gasteiger partial charge in [-0.25, -0.2) is 9.78 Å². The molecule has 1 aliphatic rings. The molecule has 0 aliphatic heterocycles. The van der Waals surface area contributed by atoms with Gasteiger partial charge in [-0.1, -0.05) is 32.4 Å². The summed E-state index contributed by atoms with van der Waals surface area (Å²) in [6, 6.07) is 7.52. The van der Waals surface area contributed by atoms with Crippen LogP contribution in [-0.2, 0) is 4.79 Å². The second-order valence-corrected chi connectivity index (χ2v) is 11.7. The molecule has 4 rings (SSSR count). The molecule has 1 fully saturated rings. The largest absolute Gasteiger partial charge is 0.573 e. The number of nitrogens with zero attached hydrogens (tertiary/aromatic N) is 3. The SMILES string of the molecule is C[C@@H]1C[C@H](n2c(Nc3ccc(OC(F)(F)F)cc3)nc3cc(C(=O)N(C)[C@@H](C)C(=O)O)c(Cl)cc32)CC(C)(C)C1. The van der Waals surface area contributed by atoms with E-state index >= 15 is 0 Å². The number of hydrogen-bond donors (Lipinski definition) is 2. The molecule has 2 N–H and O–H groups in total. The lowest BCUT2D eigenvalue weighted by molar-refractivity contribution is -0.274. The molecule has 1 heterocycles. The van der Waals surface area contributed by atoms with E-state index in [-0.39, 0.29) is 27.8 Å². The molecule has 0 bridgehead atoms. The number of carboxylic acids is 1. The van der Waals surface area contributed by atoms with Crippen molar-refractivity contribution in [2.24, 2.45) is 11.3 Å². The van der Waals surface area contributed by atoms with Gasteiger partial charge in [0.25, 0.3) is 5.91 Å². The van der Waals surface area contributed by atoms with E-state index in [9.17, 15) is 27.9 Å². The van der Waals surface area contributed by atoms with Crippen molar-refractivity contribution in [2.45, 2.75) is 65.4 Å². The van der Waals surface area contributed by atoms with Crippen LogP contribution in [0.15, 0.2) is 36.4 Å². The molecular formula is C28H32ClF3N4O4. The molecule has 0 spiro atoms. The Morgan fingerprint density at radius 3 is 2.45 bits per heavy atom. The van der Waals surface area contributed by atoms with Crippen molar-refractivity contribution in [1.29, 1.82) is 0 Å². The van der Waals surface area contributed by atoms with Gasteiger partial charge in [0.2, 0.25) is 5.95 Å². The van der Waals surface area contributed by atoms with E-state index in [1.807, 2.05) is 4.57 Å². The number of carbonyl (C=O) groups excluding carboxylic acids is 1. The third kappa shape index (κ3) is 6.46. The monoisotopic (exact) mass is 580 g/mol. The second-order valence-electron chi connectivity index (χ2n) is 11.3. The number of fused-ring (bicyclic) bond motifs is 1. The molecule has 12 heteroatoms. The Morgan fingerprint density at radius 1 is 1.23 bits per heavy atom. The van der Waals surface area contributed by atoms with Crippen LogP contribution < -0.4 is 10.1 Å². The van der Waals surface area contributed by atoms with Crippen LogP contribution in [0.2, 0.25) is 5.02 Å². The summed E-state index contributed by atoms with van der Waals surface area (Å²) in [6.07, 6.45) is -2.00. The fraction of sp³-hybridized carbons (Fsp3) is 0.464. The third-order valence-electron chi connectivity index (χ3n) is 7.34. The molecule has 3 atom stereocenters. The molecule has 1 amide bonds. The second kappa shape index (κ2) is 10.8. The first-order chi connectivity index (χ1) is 18.5. The van der Waals surface area contributed by atoms with Crippen LogP contribution >= 0.6 is 11.6 Å². The van der Waals surface area contributed by atoms with Gasteiger partial charge in [0.05, 0.1) is 21.6 Å². The number of benzene rings is 2. The van der Waals surface area contributed by atoms with Crippen LogP contribution in [0, 0.1) is 11.3 Å². The Kier molecular flexibility index (Phi) is 7.99. The summed E-state index contributed by atoms with van der Waals surface area (Å²) < 4.78 is 43.8. The lowest BCUT2D eigenvalue weighted by Crippen LogP contribution is -2.40. The molecule has 3 aromatic rings. The maximum atomic E-state index is 13.1. The molecule has 216 valence electrons. The quantitative estimate of drug-likeness (QED) is 0.305. The van der Waals surface area contributed by atoms with Gasteiger partial charge in [-0.2, -0.15) is 0 Å². The molecule has 0 unspecified atom stereocenters. The van der Waals surface area contributed by atoms with Crippen LogP contribution in [-0.4, -0.2) is 50.9 Å². The minimum atomic E-state index is -4.79. The number of hydrogen-bond acceptors (Lipinski definition) is 5. The number of nitrogens with one attached hydrogen (secondary N) is 1. The summed E-state index contributed by atoms with van der Waals surface area (Å²) >= 11 is 6.60. The van der Waals surface area contributed by atoms with Crippen molar-refractivity contribution in [2.75, 3.05) is 12.4 Å². The molecule has 40 heavy (non-hydrogen) atoms. The normalized spacial score (nSPS) is 19.7. The zero-order chi connectivity index (χ0) is 29.6. The van der Waals surface area contributed by atoms with E-state index in [0.717, 1.165) is 24.2 Å². The highest BCUT2D eigenvalue weighted by molar-refractivity contribution is 6.34. The van der Waals surface area contributed by atoms with Gasteiger partial charge < -0.3 is 24.6 Å². The van der Waals surface area contributed by atoms with Gasteiger partial charge >= 0.3 is 12.3 Å². The van der Waals surface area contributed by atoms with E-state index in [4.69, 9.17) is 16.6 Å². The first-order valence-corrected chi connectivity index (χ1v) is 13.3. The van der Waals surface area contributed by atoms with Gasteiger partial charge in [0.15, 0.2) is 0 Å². The molecule has 8 nitrogen and oxygen atoms in total. The fourth-order valence-electron chi connectivity index (χ4n) is 5.63. The average Bonchev–Trinajstić information content (AvgIpc) is 3.17. The Hall–Kier alpha value is -3.47. The van der Waals surface area contributed by atoms with Gasteiger partial charge in [-0.3, -0.25) is 4.79 Å². The zero-order valence-corrected chi connectivity index (χ0v) is 23.6. The van der Waals surface area contributed by atoms with Crippen molar-refractivity contribution in [3.05, 3.63) is 47.0 Å². The van der Waals surface area contributed by atoms with Crippen LogP contribution in [0.3, 0.4) is 0 Å². The van der Waals surface area contributed by atoms with Crippen molar-refractivity contribution in [3.8, 4) is 5.75 Å². The number of carbonyl (C=O) groups is 2. The molecule has 1 aliphatic carbocycles. The first kappa shape index (κ1) is 29.5. The Bertz CT molecular complexity index is 1420. The molecular weight excluding hydrogens is 549 g/mol. The summed E-state index contributed by atoms with van der Waals surface area (Å²) in [5.41, 5.74) is 1.82. The molecule has 0 saturated heterocycles. The minimum Gasteiger partial charge on any atom is -0.480 e. The average molecular weight is 581 g/mol. The molecule has 1 aromatic heterocycles. The maximum absolute atomic E-state index is 13.1. The fourth-order valence-corrected chi connectivity index (χ4v) is 5.87. The lowest BCUT2D eigenvalue weighted by Gasteiger charge is -2.40. The van der Waals surface area contributed by atoms with Crippen molar-refractivity contribution < 1.29 is 32.6 Å². The maximum Gasteiger partial charge on any atom is 0.573 e. The number of amides is 1. The van der Waals surface area contributed by atoms with Gasteiger partial charge in [0, 0.05) is 18.8 Å². The predicted octanol–water partition coefficient (Wildman–Crippen LogP) is 7.26. The number of alkyl halides is 3. The number of aromatic nitrogens is 2. The number of rotatable bonds is 7. The van der Waals surface area contributed by atoms with Gasteiger partial charge in [0.1, 0.15) is 11.8 Å². The zero-order valence-electron chi connectivity index (χ0n) is 22.8. The van der Waals surface area contributed by atoms with E-state index in [1.54, 1.807) is 12.1 Å². The summed E-state index contributed by atoms with van der Waals surface area (Å²) in [7, 11) is 1.39. The van der Waals surface area contributed by atoms with E-state index < -0.39 is 24.3 Å². The van der Waals surface area contributed by atoms with E-state index in [0.29, 0.717) is 28.6 Å². The number of halogens is 4. The van der Waals surface area contributed by atoms with Crippen molar-refractivity contribution in [3.63, 3.8) is 0 Å². The first-order valence-electron chi connectivity index (χ1n) is 12.9. The Labute approximate surface area is 235 Å². The van der Waals surface area contributed by atoms with Crippen LogP contribution in [0.1, 0.15) is 63.4 Å². The topological polar surface area (TPSA) is 96.7 Å². The number of likely N-dealkylation sites (N-methyl/N-ethyl adjacent to an activating group) is 1. The predicted molar refractivity (Wildman–Crippen MR) is 146 cm³/mol. The summed E-state index contributed by atoms with van der Waals surface area (Å²) in [4.78, 5) is 30.4. The number of anilines is 2. The lowest BCUT2D eigenvalue weighted by atomic mass is 9.70. The number of ether oxygens (including phenoxy) is 1. The molecule has 1 saturated carbocycles. The minimum absolute atomic E-state index is 0.0337. The van der Waals surface area contributed by atoms with Crippen LogP contribution in [0.25, 0.3) is 11.0 Å². The smallest absolute Gasteiger partial charge is 0.480 e. The third-order valence-corrected chi connectivity index (χ3v) is 7.65. The number of imidazole rings is 1. The van der Waals surface area contributed by atoms with Gasteiger partial charge in [-0.15, -0.1) is 13.2 Å². The molecule has 2 aromatic carbocycles. The highest BCUT2D eigenvalue weighted by Crippen LogP contribution is 2.46. The van der Waals surface area contributed by atoms with E-state index in [2.05, 4.69) is 30.8 Å².